The van der Waals surface area contributed by atoms with Gasteiger partial charge in [-0.2, -0.15) is 26.3 Å². The summed E-state index contributed by atoms with van der Waals surface area (Å²) in [6.07, 6.45) is -9.60. The van der Waals surface area contributed by atoms with Crippen LogP contribution >= 0.6 is 0 Å². The summed E-state index contributed by atoms with van der Waals surface area (Å²) in [6.45, 7) is 1.82. The van der Waals surface area contributed by atoms with E-state index in [0.29, 0.717) is 11.8 Å². The maximum Gasteiger partial charge on any atom is 0.417 e. The third-order valence-electron chi connectivity index (χ3n) is 5.34. The summed E-state index contributed by atoms with van der Waals surface area (Å²) < 4.78 is 108. The minimum atomic E-state index is -5.29. The first-order valence-electron chi connectivity index (χ1n) is 10.8. The van der Waals surface area contributed by atoms with Crippen LogP contribution in [0.25, 0.3) is 11.3 Å². The minimum absolute atomic E-state index is 0.00789. The Labute approximate surface area is 213 Å². The van der Waals surface area contributed by atoms with Gasteiger partial charge in [-0.3, -0.25) is 4.72 Å². The lowest BCUT2D eigenvalue weighted by atomic mass is 9.97. The van der Waals surface area contributed by atoms with Gasteiger partial charge >= 0.3 is 12.4 Å². The average Bonchev–Trinajstić information content (AvgIpc) is 2.84. The fourth-order valence-corrected chi connectivity index (χ4v) is 4.64. The van der Waals surface area contributed by atoms with Crippen molar-refractivity contribution in [3.63, 3.8) is 0 Å². The summed E-state index contributed by atoms with van der Waals surface area (Å²) in [7, 11) is -3.83. The number of nitrogens with one attached hydrogen (secondary N) is 2. The smallest absolute Gasteiger partial charge is 0.340 e. The number of halogens is 6. The molecule has 38 heavy (non-hydrogen) atoms. The Kier molecular flexibility index (Phi) is 7.06. The van der Waals surface area contributed by atoms with E-state index in [1.54, 1.807) is 12.1 Å². The Balaban J connectivity index is 1.58. The molecule has 0 saturated carbocycles. The molecule has 2 N–H and O–H groups in total. The van der Waals surface area contributed by atoms with Gasteiger partial charge in [0.05, 0.1) is 21.7 Å². The zero-order valence-electron chi connectivity index (χ0n) is 19.4. The van der Waals surface area contributed by atoms with Crippen molar-refractivity contribution in [1.82, 2.24) is 9.97 Å². The number of sulfonamides is 1. The highest BCUT2D eigenvalue weighted by molar-refractivity contribution is 7.92. The third-order valence-corrected chi connectivity index (χ3v) is 6.73. The van der Waals surface area contributed by atoms with Crippen LogP contribution in [0.4, 0.5) is 43.5 Å². The molecule has 1 aromatic heterocycles. The Bertz CT molecular complexity index is 1550. The molecule has 198 valence electrons. The predicted molar refractivity (Wildman–Crippen MR) is 129 cm³/mol. The molecule has 0 aliphatic carbocycles. The number of anilines is 3. The number of rotatable bonds is 6. The Hall–Kier alpha value is -4.13. The van der Waals surface area contributed by atoms with Crippen molar-refractivity contribution < 1.29 is 34.8 Å². The third kappa shape index (κ3) is 6.05. The van der Waals surface area contributed by atoms with Crippen LogP contribution in [0.2, 0.25) is 0 Å². The highest BCUT2D eigenvalue weighted by Gasteiger charge is 2.45. The molecule has 4 rings (SSSR count). The molecule has 0 saturated heterocycles. The van der Waals surface area contributed by atoms with Crippen LogP contribution in [-0.2, 0) is 22.4 Å². The number of aromatic nitrogens is 2. The van der Waals surface area contributed by atoms with Crippen molar-refractivity contribution in [3.8, 4) is 11.3 Å². The van der Waals surface area contributed by atoms with E-state index in [1.807, 2.05) is 6.92 Å². The molecule has 0 unspecified atom stereocenters. The van der Waals surface area contributed by atoms with Gasteiger partial charge in [0.15, 0.2) is 0 Å². The minimum Gasteiger partial charge on any atom is -0.340 e. The van der Waals surface area contributed by atoms with Crippen LogP contribution in [0.1, 0.15) is 16.7 Å². The molecule has 0 aliphatic heterocycles. The van der Waals surface area contributed by atoms with Gasteiger partial charge in [-0.1, -0.05) is 29.8 Å². The topological polar surface area (TPSA) is 84.0 Å². The van der Waals surface area contributed by atoms with Gasteiger partial charge in [0.1, 0.15) is 12.1 Å². The normalized spacial score (nSPS) is 12.3. The number of hydrogen-bond donors (Lipinski definition) is 2. The number of benzene rings is 3. The van der Waals surface area contributed by atoms with Crippen molar-refractivity contribution in [2.75, 3.05) is 10.0 Å². The number of aryl methyl sites for hydroxylation is 1. The van der Waals surface area contributed by atoms with Gasteiger partial charge < -0.3 is 5.32 Å². The predicted octanol–water partition coefficient (Wildman–Crippen LogP) is 7.03. The SMILES string of the molecule is Cc1ccc(S(=O)(=O)Nc2ccc(Nc3cc(-c4cccc(C(F)(F)F)c4C(F)(F)F)ncn3)cc2)cc1. The number of nitrogens with zero attached hydrogens (tertiary/aromatic N) is 2. The first-order valence-corrected chi connectivity index (χ1v) is 12.3. The average molecular weight is 553 g/mol. The van der Waals surface area contributed by atoms with E-state index < -0.39 is 39.1 Å². The number of alkyl halides is 6. The second-order valence-corrected chi connectivity index (χ2v) is 9.82. The highest BCUT2D eigenvalue weighted by Crippen LogP contribution is 2.44. The van der Waals surface area contributed by atoms with Crippen molar-refractivity contribution in [2.24, 2.45) is 0 Å². The molecule has 4 aromatic rings. The molecule has 0 fully saturated rings. The fraction of sp³-hybridized carbons (Fsp3) is 0.120. The molecule has 1 heterocycles. The van der Waals surface area contributed by atoms with Gasteiger partial charge in [-0.05, 0) is 49.4 Å². The molecule has 0 atom stereocenters. The first-order chi connectivity index (χ1) is 17.7. The summed E-state index contributed by atoms with van der Waals surface area (Å²) in [5, 5.41) is 2.81. The van der Waals surface area contributed by atoms with E-state index in [4.69, 9.17) is 0 Å². The van der Waals surface area contributed by atoms with Gasteiger partial charge in [-0.25, -0.2) is 18.4 Å². The summed E-state index contributed by atoms with van der Waals surface area (Å²) >= 11 is 0. The summed E-state index contributed by atoms with van der Waals surface area (Å²) in [5.74, 6) is 0.00789. The molecular weight excluding hydrogens is 534 g/mol. The zero-order valence-corrected chi connectivity index (χ0v) is 20.2. The van der Waals surface area contributed by atoms with E-state index in [1.165, 1.54) is 36.4 Å². The van der Waals surface area contributed by atoms with E-state index >= 15 is 0 Å². The number of hydrogen-bond acceptors (Lipinski definition) is 5. The highest BCUT2D eigenvalue weighted by atomic mass is 32.2. The summed E-state index contributed by atoms with van der Waals surface area (Å²) in [4.78, 5) is 7.73. The monoisotopic (exact) mass is 552 g/mol. The lowest BCUT2D eigenvalue weighted by Gasteiger charge is -2.19. The Morgan fingerprint density at radius 3 is 2.00 bits per heavy atom. The lowest BCUT2D eigenvalue weighted by molar-refractivity contribution is -0.161. The maximum absolute atomic E-state index is 13.6. The van der Waals surface area contributed by atoms with Crippen LogP contribution in [0.15, 0.2) is 84.0 Å². The summed E-state index contributed by atoms with van der Waals surface area (Å²) in [6, 6.07) is 15.3. The van der Waals surface area contributed by atoms with Crippen molar-refractivity contribution >= 4 is 27.2 Å². The fourth-order valence-electron chi connectivity index (χ4n) is 3.58. The zero-order chi connectivity index (χ0) is 27.7. The van der Waals surface area contributed by atoms with Crippen LogP contribution in [0.5, 0.6) is 0 Å². The molecule has 0 radical (unpaired) electrons. The first kappa shape index (κ1) is 26.9. The van der Waals surface area contributed by atoms with Crippen LogP contribution in [0.3, 0.4) is 0 Å². The molecule has 0 spiro atoms. The van der Waals surface area contributed by atoms with Crippen molar-refractivity contribution in [3.05, 3.63) is 95.8 Å². The van der Waals surface area contributed by atoms with Crippen molar-refractivity contribution in [1.29, 1.82) is 0 Å². The van der Waals surface area contributed by atoms with Crippen LogP contribution in [0, 0.1) is 6.92 Å². The van der Waals surface area contributed by atoms with Crippen molar-refractivity contribution in [2.45, 2.75) is 24.2 Å². The van der Waals surface area contributed by atoms with Gasteiger partial charge in [0.2, 0.25) is 0 Å². The van der Waals surface area contributed by atoms with E-state index in [9.17, 15) is 34.8 Å². The molecular formula is C25H18F6N4O2S. The van der Waals surface area contributed by atoms with E-state index in [2.05, 4.69) is 20.0 Å². The molecule has 0 amide bonds. The second kappa shape index (κ2) is 9.97. The largest absolute Gasteiger partial charge is 0.417 e. The molecule has 6 nitrogen and oxygen atoms in total. The second-order valence-electron chi connectivity index (χ2n) is 8.13. The van der Waals surface area contributed by atoms with Crippen LogP contribution in [-0.4, -0.2) is 18.4 Å². The molecule has 13 heteroatoms. The lowest BCUT2D eigenvalue weighted by Crippen LogP contribution is -2.18. The van der Waals surface area contributed by atoms with Gasteiger partial charge in [-0.15, -0.1) is 0 Å². The van der Waals surface area contributed by atoms with Crippen LogP contribution < -0.4 is 10.0 Å². The maximum atomic E-state index is 13.6. The van der Waals surface area contributed by atoms with E-state index in [0.717, 1.165) is 30.1 Å². The molecule has 0 bridgehead atoms. The standard InChI is InChI=1S/C25H18F6N4O2S/c1-15-5-11-18(12-6-15)38(36,37)35-17-9-7-16(8-10-17)34-22-13-21(32-14-33-22)19-3-2-4-20(24(26,27)28)23(19)25(29,30)31/h2-14,35H,1H3,(H,32,33,34). The Morgan fingerprint density at radius 2 is 1.39 bits per heavy atom. The summed E-state index contributed by atoms with van der Waals surface area (Å²) in [5.41, 5.74) is -3.26. The quantitative estimate of drug-likeness (QED) is 0.251. The van der Waals surface area contributed by atoms with Gasteiger partial charge in [0, 0.05) is 23.0 Å². The Morgan fingerprint density at radius 1 is 0.763 bits per heavy atom. The van der Waals surface area contributed by atoms with E-state index in [-0.39, 0.29) is 22.1 Å². The molecule has 0 aliphatic rings. The molecule has 3 aromatic carbocycles. The van der Waals surface area contributed by atoms with Gasteiger partial charge in [0.25, 0.3) is 10.0 Å².